The van der Waals surface area contributed by atoms with Gasteiger partial charge in [0.25, 0.3) is 0 Å². The van der Waals surface area contributed by atoms with Crippen LogP contribution in [0.15, 0.2) is 66.7 Å². The Balaban J connectivity index is 1.51. The molecule has 0 aliphatic carbocycles. The molecule has 0 unspecified atom stereocenters. The fourth-order valence-corrected chi connectivity index (χ4v) is 3.07. The van der Waals surface area contributed by atoms with E-state index in [1.165, 1.54) is 0 Å². The second-order valence-corrected chi connectivity index (χ2v) is 6.37. The zero-order valence-electron chi connectivity index (χ0n) is 15.8. The van der Waals surface area contributed by atoms with Crippen LogP contribution in [0.5, 0.6) is 23.0 Å². The van der Waals surface area contributed by atoms with Gasteiger partial charge in [0.05, 0.1) is 6.61 Å². The average Bonchev–Trinajstić information content (AvgIpc) is 3.20. The molecule has 5 heteroatoms. The molecule has 1 heterocycles. The Bertz CT molecular complexity index is 927. The fraction of sp³-hybridized carbons (Fsp3) is 0.217. The van der Waals surface area contributed by atoms with Crippen molar-refractivity contribution in [1.82, 2.24) is 0 Å². The van der Waals surface area contributed by atoms with Gasteiger partial charge in [-0.25, -0.2) is 0 Å². The molecule has 3 aromatic rings. The van der Waals surface area contributed by atoms with E-state index in [4.69, 9.17) is 18.9 Å². The minimum Gasteiger partial charge on any atom is -0.490 e. The molecule has 0 aromatic heterocycles. The zero-order chi connectivity index (χ0) is 19.2. The third-order valence-corrected chi connectivity index (χ3v) is 4.44. The number of nitrogens with one attached hydrogen (secondary N) is 1. The Kier molecular flexibility index (Phi) is 5.52. The largest absolute Gasteiger partial charge is 0.490 e. The maximum absolute atomic E-state index is 6.16. The van der Waals surface area contributed by atoms with Gasteiger partial charge in [0.15, 0.2) is 23.0 Å². The highest BCUT2D eigenvalue weighted by atomic mass is 16.7. The molecular formula is C23H23NO4. The summed E-state index contributed by atoms with van der Waals surface area (Å²) in [5, 5.41) is 3.43. The molecule has 0 saturated heterocycles. The van der Waals surface area contributed by atoms with E-state index >= 15 is 0 Å². The maximum Gasteiger partial charge on any atom is 0.231 e. The zero-order valence-corrected chi connectivity index (χ0v) is 15.8. The van der Waals surface area contributed by atoms with E-state index in [9.17, 15) is 0 Å². The lowest BCUT2D eigenvalue weighted by Gasteiger charge is -2.17. The summed E-state index contributed by atoms with van der Waals surface area (Å²) in [5.74, 6) is 3.05. The molecule has 1 aliphatic heterocycles. The first-order valence-electron chi connectivity index (χ1n) is 9.38. The summed E-state index contributed by atoms with van der Waals surface area (Å²) in [7, 11) is 0. The Morgan fingerprint density at radius 3 is 2.61 bits per heavy atom. The highest BCUT2D eigenvalue weighted by Crippen LogP contribution is 2.36. The van der Waals surface area contributed by atoms with Crippen molar-refractivity contribution >= 4 is 5.69 Å². The molecule has 144 valence electrons. The van der Waals surface area contributed by atoms with Crippen LogP contribution in [-0.4, -0.2) is 13.4 Å². The summed E-state index contributed by atoms with van der Waals surface area (Å²) in [6.45, 7) is 3.92. The van der Waals surface area contributed by atoms with Crippen molar-refractivity contribution in [3.63, 3.8) is 0 Å². The highest BCUT2D eigenvalue weighted by Gasteiger charge is 2.15. The van der Waals surface area contributed by atoms with Crippen molar-refractivity contribution in [3.05, 3.63) is 77.9 Å². The van der Waals surface area contributed by atoms with Gasteiger partial charge in [-0.1, -0.05) is 42.5 Å². The van der Waals surface area contributed by atoms with Crippen LogP contribution < -0.4 is 24.3 Å². The molecule has 0 spiro atoms. The van der Waals surface area contributed by atoms with Crippen molar-refractivity contribution in [2.45, 2.75) is 20.1 Å². The van der Waals surface area contributed by atoms with Gasteiger partial charge in [-0.15, -0.1) is 0 Å². The van der Waals surface area contributed by atoms with Crippen molar-refractivity contribution in [2.75, 3.05) is 18.7 Å². The van der Waals surface area contributed by atoms with Gasteiger partial charge in [0, 0.05) is 23.9 Å². The van der Waals surface area contributed by atoms with Crippen LogP contribution in [0.4, 0.5) is 5.69 Å². The second-order valence-electron chi connectivity index (χ2n) is 6.37. The first kappa shape index (κ1) is 18.0. The van der Waals surface area contributed by atoms with E-state index < -0.39 is 0 Å². The first-order valence-corrected chi connectivity index (χ1v) is 9.38. The quantitative estimate of drug-likeness (QED) is 0.598. The Morgan fingerprint density at radius 1 is 0.893 bits per heavy atom. The maximum atomic E-state index is 6.16. The molecule has 4 rings (SSSR count). The average molecular weight is 377 g/mol. The minimum absolute atomic E-state index is 0.270. The van der Waals surface area contributed by atoms with Crippen LogP contribution in [0, 0.1) is 0 Å². The summed E-state index contributed by atoms with van der Waals surface area (Å²) in [6.07, 6.45) is 0. The predicted octanol–water partition coefficient (Wildman–Crippen LogP) is 5.01. The molecule has 3 aromatic carbocycles. The van der Waals surface area contributed by atoms with E-state index in [2.05, 4.69) is 5.32 Å². The second kappa shape index (κ2) is 8.57. The number of hydrogen-bond acceptors (Lipinski definition) is 5. The van der Waals surface area contributed by atoms with Crippen molar-refractivity contribution in [3.8, 4) is 23.0 Å². The molecule has 0 atom stereocenters. The van der Waals surface area contributed by atoms with Gasteiger partial charge in [0.1, 0.15) is 6.61 Å². The van der Waals surface area contributed by atoms with Crippen LogP contribution in [0.1, 0.15) is 18.1 Å². The lowest BCUT2D eigenvalue weighted by Crippen LogP contribution is -2.06. The number of benzene rings is 3. The van der Waals surface area contributed by atoms with Crippen LogP contribution in [0.3, 0.4) is 0 Å². The Labute approximate surface area is 164 Å². The van der Waals surface area contributed by atoms with Crippen molar-refractivity contribution in [1.29, 1.82) is 0 Å². The lowest BCUT2D eigenvalue weighted by atomic mass is 10.1. The molecule has 0 radical (unpaired) electrons. The van der Waals surface area contributed by atoms with E-state index in [0.29, 0.717) is 19.8 Å². The van der Waals surface area contributed by atoms with Crippen molar-refractivity contribution in [2.24, 2.45) is 0 Å². The highest BCUT2D eigenvalue weighted by molar-refractivity contribution is 5.56. The lowest BCUT2D eigenvalue weighted by molar-refractivity contribution is 0.174. The molecule has 0 saturated carbocycles. The molecule has 1 aliphatic rings. The van der Waals surface area contributed by atoms with Gasteiger partial charge in [-0.2, -0.15) is 0 Å². The van der Waals surface area contributed by atoms with E-state index in [1.807, 2.05) is 73.7 Å². The topological polar surface area (TPSA) is 49.0 Å². The van der Waals surface area contributed by atoms with Crippen LogP contribution in [0.25, 0.3) is 0 Å². The van der Waals surface area contributed by atoms with Gasteiger partial charge >= 0.3 is 0 Å². The number of anilines is 1. The number of fused-ring (bicyclic) bond motifs is 1. The third-order valence-electron chi connectivity index (χ3n) is 4.44. The van der Waals surface area contributed by atoms with Crippen molar-refractivity contribution < 1.29 is 18.9 Å². The SMILES string of the molecule is CCOc1cccc(CNc2ccc3c(c2)OCO3)c1OCc1ccccc1. The number of ether oxygens (including phenoxy) is 4. The van der Waals surface area contributed by atoms with Gasteiger partial charge < -0.3 is 24.3 Å². The molecule has 0 fully saturated rings. The first-order chi connectivity index (χ1) is 13.8. The molecule has 1 N–H and O–H groups in total. The standard InChI is InChI=1S/C23H23NO4/c1-2-25-21-10-6-9-18(23(21)26-15-17-7-4-3-5-8-17)14-24-19-11-12-20-22(13-19)28-16-27-20/h3-13,24H,2,14-16H2,1H3. The van der Waals surface area contributed by atoms with Crippen LogP contribution in [-0.2, 0) is 13.2 Å². The smallest absolute Gasteiger partial charge is 0.231 e. The van der Waals surface area contributed by atoms with Crippen LogP contribution >= 0.6 is 0 Å². The Morgan fingerprint density at radius 2 is 1.75 bits per heavy atom. The monoisotopic (exact) mass is 377 g/mol. The number of hydrogen-bond donors (Lipinski definition) is 1. The van der Waals surface area contributed by atoms with Gasteiger partial charge in [0.2, 0.25) is 6.79 Å². The van der Waals surface area contributed by atoms with E-state index in [-0.39, 0.29) is 6.79 Å². The molecule has 28 heavy (non-hydrogen) atoms. The summed E-state index contributed by atoms with van der Waals surface area (Å²) in [5.41, 5.74) is 3.10. The van der Waals surface area contributed by atoms with Gasteiger partial charge in [-0.05, 0) is 30.7 Å². The van der Waals surface area contributed by atoms with Crippen LogP contribution in [0.2, 0.25) is 0 Å². The third kappa shape index (κ3) is 4.14. The van der Waals surface area contributed by atoms with E-state index in [1.54, 1.807) is 0 Å². The molecule has 0 bridgehead atoms. The minimum atomic E-state index is 0.270. The summed E-state index contributed by atoms with van der Waals surface area (Å²) < 4.78 is 22.8. The van der Waals surface area contributed by atoms with E-state index in [0.717, 1.165) is 39.8 Å². The predicted molar refractivity (Wildman–Crippen MR) is 108 cm³/mol. The number of rotatable bonds is 8. The Hall–Kier alpha value is -3.34. The molecule has 0 amide bonds. The molecule has 5 nitrogen and oxygen atoms in total. The normalized spacial score (nSPS) is 11.9. The molecular weight excluding hydrogens is 354 g/mol. The summed E-state index contributed by atoms with van der Waals surface area (Å²) in [6, 6.07) is 21.9. The fourth-order valence-electron chi connectivity index (χ4n) is 3.07. The number of para-hydroxylation sites is 1. The summed E-state index contributed by atoms with van der Waals surface area (Å²) in [4.78, 5) is 0. The summed E-state index contributed by atoms with van der Waals surface area (Å²) >= 11 is 0. The van der Waals surface area contributed by atoms with Gasteiger partial charge in [-0.3, -0.25) is 0 Å².